The number of ether oxygens (including phenoxy) is 2. The monoisotopic (exact) mass is 521 g/mol. The zero-order chi connectivity index (χ0) is 21.2. The smallest absolute Gasteiger partial charge is 0.260 e. The highest BCUT2D eigenvalue weighted by Crippen LogP contribution is 2.36. The normalized spacial score (nSPS) is 13.0. The molecule has 0 atom stereocenters. The van der Waals surface area contributed by atoms with Crippen LogP contribution in [0.5, 0.6) is 11.5 Å². The van der Waals surface area contributed by atoms with Crippen LogP contribution in [0.25, 0.3) is 0 Å². The Labute approximate surface area is 185 Å². The summed E-state index contributed by atoms with van der Waals surface area (Å²) in [4.78, 5) is 12.2. The fourth-order valence-corrected chi connectivity index (χ4v) is 3.98. The summed E-state index contributed by atoms with van der Waals surface area (Å²) >= 11 is 15.2. The van der Waals surface area contributed by atoms with Gasteiger partial charge >= 0.3 is 0 Å². The number of nitrogens with zero attached hydrogens (tertiary/aromatic N) is 2. The first-order valence-electron chi connectivity index (χ1n) is 7.99. The number of amides is 1. The van der Waals surface area contributed by atoms with Gasteiger partial charge in [0.25, 0.3) is 5.91 Å². The first-order chi connectivity index (χ1) is 13.6. The van der Waals surface area contributed by atoms with E-state index in [1.165, 1.54) is 24.4 Å². The van der Waals surface area contributed by atoms with E-state index in [2.05, 4.69) is 26.5 Å². The van der Waals surface area contributed by atoms with Gasteiger partial charge in [-0.25, -0.2) is 13.8 Å². The molecule has 0 fully saturated rings. The standard InChI is InChI=1S/C17H14BrCl2N3O5S/c1-29(25,26)23(11-2-3-13(19)14(20)5-11)8-17(24)22-21-7-10-4-15-16(6-12(10)18)28-9-27-15/h2-7H,8-9H2,1H3,(H,22,24)/b21-7-. The molecule has 0 aliphatic carbocycles. The van der Waals surface area contributed by atoms with Gasteiger partial charge in [-0.1, -0.05) is 23.2 Å². The molecule has 1 N–H and O–H groups in total. The van der Waals surface area contributed by atoms with E-state index in [1.54, 1.807) is 12.1 Å². The third-order valence-electron chi connectivity index (χ3n) is 3.76. The maximum atomic E-state index is 12.2. The molecule has 1 amide bonds. The minimum Gasteiger partial charge on any atom is -0.454 e. The predicted molar refractivity (Wildman–Crippen MR) is 115 cm³/mol. The van der Waals surface area contributed by atoms with Crippen molar-refractivity contribution in [2.45, 2.75) is 0 Å². The fraction of sp³-hybridized carbons (Fsp3) is 0.176. The van der Waals surface area contributed by atoms with Crippen molar-refractivity contribution in [1.82, 2.24) is 5.43 Å². The lowest BCUT2D eigenvalue weighted by molar-refractivity contribution is -0.119. The summed E-state index contributed by atoms with van der Waals surface area (Å²) in [5, 5.41) is 4.31. The zero-order valence-corrected chi connectivity index (χ0v) is 18.8. The van der Waals surface area contributed by atoms with E-state index >= 15 is 0 Å². The second-order valence-electron chi connectivity index (χ2n) is 5.89. The van der Waals surface area contributed by atoms with Gasteiger partial charge < -0.3 is 9.47 Å². The number of carbonyl (C=O) groups excluding carboxylic acids is 1. The van der Waals surface area contributed by atoms with E-state index in [0.29, 0.717) is 21.5 Å². The number of carbonyl (C=O) groups is 1. The number of anilines is 1. The molecule has 0 radical (unpaired) electrons. The van der Waals surface area contributed by atoms with Gasteiger partial charge in [-0.05, 0) is 46.3 Å². The number of halogens is 3. The van der Waals surface area contributed by atoms with Gasteiger partial charge in [-0.2, -0.15) is 5.10 Å². The highest BCUT2D eigenvalue weighted by molar-refractivity contribution is 9.10. The second kappa shape index (κ2) is 8.78. The molecule has 0 spiro atoms. The topological polar surface area (TPSA) is 97.3 Å². The number of sulfonamides is 1. The summed E-state index contributed by atoms with van der Waals surface area (Å²) in [6.45, 7) is -0.356. The van der Waals surface area contributed by atoms with Crippen LogP contribution in [0.3, 0.4) is 0 Å². The van der Waals surface area contributed by atoms with Crippen molar-refractivity contribution in [3.63, 3.8) is 0 Å². The molecular formula is C17H14BrCl2N3O5S. The number of hydrogen-bond acceptors (Lipinski definition) is 6. The molecule has 29 heavy (non-hydrogen) atoms. The van der Waals surface area contributed by atoms with Crippen LogP contribution >= 0.6 is 39.1 Å². The van der Waals surface area contributed by atoms with Crippen molar-refractivity contribution in [1.29, 1.82) is 0 Å². The van der Waals surface area contributed by atoms with Crippen LogP contribution in [0.1, 0.15) is 5.56 Å². The molecule has 3 rings (SSSR count). The maximum absolute atomic E-state index is 12.2. The highest BCUT2D eigenvalue weighted by Gasteiger charge is 2.21. The Hall–Kier alpha value is -2.01. The van der Waals surface area contributed by atoms with Gasteiger partial charge in [-0.15, -0.1) is 0 Å². The molecule has 1 heterocycles. The number of fused-ring (bicyclic) bond motifs is 1. The molecule has 1 aliphatic heterocycles. The number of nitrogens with one attached hydrogen (secondary N) is 1. The largest absolute Gasteiger partial charge is 0.454 e. The first kappa shape index (κ1) is 21.7. The van der Waals surface area contributed by atoms with E-state index in [-0.39, 0.29) is 22.5 Å². The Morgan fingerprint density at radius 3 is 2.59 bits per heavy atom. The summed E-state index contributed by atoms with van der Waals surface area (Å²) in [5.41, 5.74) is 3.14. The molecule has 8 nitrogen and oxygen atoms in total. The van der Waals surface area contributed by atoms with E-state index in [1.807, 2.05) is 0 Å². The van der Waals surface area contributed by atoms with E-state index in [9.17, 15) is 13.2 Å². The Balaban J connectivity index is 1.71. The van der Waals surface area contributed by atoms with Crippen molar-refractivity contribution < 1.29 is 22.7 Å². The quantitative estimate of drug-likeness (QED) is 0.463. The number of hydrazone groups is 1. The lowest BCUT2D eigenvalue weighted by Crippen LogP contribution is -2.39. The van der Waals surface area contributed by atoms with Gasteiger partial charge in [0.2, 0.25) is 16.8 Å². The highest BCUT2D eigenvalue weighted by atomic mass is 79.9. The van der Waals surface area contributed by atoms with Gasteiger partial charge in [0.05, 0.1) is 28.2 Å². The molecule has 2 aromatic rings. The van der Waals surface area contributed by atoms with Gasteiger partial charge in [0.15, 0.2) is 11.5 Å². The third kappa shape index (κ3) is 5.33. The van der Waals surface area contributed by atoms with Crippen LogP contribution in [0.2, 0.25) is 10.0 Å². The summed E-state index contributed by atoms with van der Waals surface area (Å²) < 4.78 is 36.4. The molecule has 0 bridgehead atoms. The molecular weight excluding hydrogens is 509 g/mol. The van der Waals surface area contributed by atoms with E-state index in [0.717, 1.165) is 10.6 Å². The molecule has 154 valence electrons. The van der Waals surface area contributed by atoms with E-state index in [4.69, 9.17) is 32.7 Å². The number of hydrogen-bond donors (Lipinski definition) is 1. The van der Waals surface area contributed by atoms with Crippen molar-refractivity contribution in [2.75, 3.05) is 23.9 Å². The Morgan fingerprint density at radius 2 is 1.93 bits per heavy atom. The summed E-state index contributed by atoms with van der Waals surface area (Å²) in [6.07, 6.45) is 2.38. The van der Waals surface area contributed by atoms with Crippen molar-refractivity contribution in [2.24, 2.45) is 5.10 Å². The first-order valence-corrected chi connectivity index (χ1v) is 11.4. The summed E-state index contributed by atoms with van der Waals surface area (Å²) in [5.74, 6) is 0.516. The molecule has 12 heteroatoms. The average Bonchev–Trinajstić information content (AvgIpc) is 3.08. The fourth-order valence-electron chi connectivity index (χ4n) is 2.41. The van der Waals surface area contributed by atoms with Crippen LogP contribution < -0.4 is 19.2 Å². The van der Waals surface area contributed by atoms with Gasteiger partial charge in [0.1, 0.15) is 6.54 Å². The predicted octanol–water partition coefficient (Wildman–Crippen LogP) is 3.40. The SMILES string of the molecule is CS(=O)(=O)N(CC(=O)N/N=C\c1cc2c(cc1Br)OCO2)c1ccc(Cl)c(Cl)c1. The molecule has 2 aromatic carbocycles. The third-order valence-corrected chi connectivity index (χ3v) is 6.33. The molecule has 0 saturated heterocycles. The Bertz CT molecular complexity index is 1090. The lowest BCUT2D eigenvalue weighted by Gasteiger charge is -2.21. The second-order valence-corrected chi connectivity index (χ2v) is 9.46. The molecule has 1 aliphatic rings. The minimum atomic E-state index is -3.75. The van der Waals surface area contributed by atoms with Crippen LogP contribution in [0.15, 0.2) is 39.9 Å². The number of benzene rings is 2. The zero-order valence-electron chi connectivity index (χ0n) is 14.9. The van der Waals surface area contributed by atoms with Crippen LogP contribution in [-0.2, 0) is 14.8 Å². The minimum absolute atomic E-state index is 0.134. The molecule has 0 unspecified atom stereocenters. The van der Waals surface area contributed by atoms with Gasteiger partial charge in [-0.3, -0.25) is 9.10 Å². The summed E-state index contributed by atoms with van der Waals surface area (Å²) in [7, 11) is -3.75. The average molecular weight is 523 g/mol. The van der Waals surface area contributed by atoms with Crippen molar-refractivity contribution in [3.8, 4) is 11.5 Å². The maximum Gasteiger partial charge on any atom is 0.260 e. The lowest BCUT2D eigenvalue weighted by atomic mass is 10.2. The summed E-state index contributed by atoms with van der Waals surface area (Å²) in [6, 6.07) is 7.69. The number of rotatable bonds is 6. The van der Waals surface area contributed by atoms with E-state index < -0.39 is 22.5 Å². The Morgan fingerprint density at radius 1 is 1.24 bits per heavy atom. The van der Waals surface area contributed by atoms with Crippen LogP contribution in [0.4, 0.5) is 5.69 Å². The van der Waals surface area contributed by atoms with Gasteiger partial charge in [0, 0.05) is 10.0 Å². The molecule has 0 saturated carbocycles. The van der Waals surface area contributed by atoms with Crippen LogP contribution in [-0.4, -0.2) is 40.1 Å². The van der Waals surface area contributed by atoms with Crippen LogP contribution in [0, 0.1) is 0 Å². The van der Waals surface area contributed by atoms with Crippen molar-refractivity contribution >= 4 is 67.0 Å². The van der Waals surface area contributed by atoms with Crippen molar-refractivity contribution in [3.05, 3.63) is 50.4 Å². The molecule has 0 aromatic heterocycles. The Kier molecular flexibility index (Phi) is 6.57.